The molecule has 0 bridgehead atoms. The van der Waals surface area contributed by atoms with Gasteiger partial charge in [-0.2, -0.15) is 5.10 Å². The van der Waals surface area contributed by atoms with Crippen LogP contribution in [0.3, 0.4) is 0 Å². The highest BCUT2D eigenvalue weighted by Gasteiger charge is 2.66. The summed E-state index contributed by atoms with van der Waals surface area (Å²) in [5, 5.41) is 18.0. The topological polar surface area (TPSA) is 138 Å². The molecule has 4 aliphatic heterocycles. The van der Waals surface area contributed by atoms with Crippen LogP contribution in [-0.4, -0.2) is 87.0 Å². The molecule has 12 nitrogen and oxygen atoms in total. The van der Waals surface area contributed by atoms with Crippen LogP contribution in [0.5, 0.6) is 5.75 Å². The van der Waals surface area contributed by atoms with Crippen molar-refractivity contribution in [2.75, 3.05) is 37.3 Å². The Kier molecular flexibility index (Phi) is 12.2. The van der Waals surface area contributed by atoms with Gasteiger partial charge in [-0.25, -0.2) is 5.01 Å². The van der Waals surface area contributed by atoms with Gasteiger partial charge in [0.1, 0.15) is 5.75 Å². The lowest BCUT2D eigenvalue weighted by Gasteiger charge is -2.39. The molecule has 5 atom stereocenters. The third kappa shape index (κ3) is 7.75. The predicted molar refractivity (Wildman–Crippen MR) is 240 cm³/mol. The third-order valence-corrected chi connectivity index (χ3v) is 18.1. The van der Waals surface area contributed by atoms with Crippen molar-refractivity contribution >= 4 is 54.0 Å². The molecule has 1 saturated heterocycles. The fraction of sp³-hybridized carbons (Fsp3) is 0.408. The second-order valence-electron chi connectivity index (χ2n) is 17.5. The van der Waals surface area contributed by atoms with Crippen LogP contribution in [0.15, 0.2) is 102 Å². The Labute approximate surface area is 364 Å². The van der Waals surface area contributed by atoms with Crippen molar-refractivity contribution in [1.29, 1.82) is 0 Å². The highest BCUT2D eigenvalue weighted by Crippen LogP contribution is 2.60. The monoisotopic (exact) mass is 856 g/mol. The van der Waals surface area contributed by atoms with E-state index in [0.717, 1.165) is 33.3 Å². The molecule has 0 unspecified atom stereocenters. The largest absolute Gasteiger partial charge is 0.497 e. The van der Waals surface area contributed by atoms with Crippen LogP contribution < -0.4 is 19.8 Å². The van der Waals surface area contributed by atoms with Crippen LogP contribution in [0.2, 0.25) is 18.6 Å². The Morgan fingerprint density at radius 3 is 2.35 bits per heavy atom. The minimum absolute atomic E-state index is 0.0127. The Morgan fingerprint density at radius 2 is 1.65 bits per heavy atom. The lowest BCUT2D eigenvalue weighted by atomic mass is 9.82. The molecule has 0 radical (unpaired) electrons. The van der Waals surface area contributed by atoms with Gasteiger partial charge in [0.2, 0.25) is 11.8 Å². The number of methoxy groups -OCH3 is 2. The summed E-state index contributed by atoms with van der Waals surface area (Å²) in [5.74, 6) is -0.513. The molecule has 62 heavy (non-hydrogen) atoms. The Morgan fingerprint density at radius 1 is 0.919 bits per heavy atom. The SMILES string of the molecule is COC(=O)CCCCN1C(=O)[C@]2(O[C@H](CC(=O)N3Cc4ccccc4C[C@H]3CO)[C@@H]([Si](C)(C)c3ccc(OC)cc3)[C@@H]2C)c2cc(N3N=C(c4ccccc4)CCC3=O)ccc21. The van der Waals surface area contributed by atoms with E-state index in [1.165, 1.54) is 12.1 Å². The molecule has 324 valence electrons. The first kappa shape index (κ1) is 43.0. The number of amides is 3. The van der Waals surface area contributed by atoms with Crippen LogP contribution in [0, 0.1) is 5.92 Å². The maximum absolute atomic E-state index is 15.5. The predicted octanol–water partition coefficient (Wildman–Crippen LogP) is 6.47. The van der Waals surface area contributed by atoms with Crippen molar-refractivity contribution in [3.63, 3.8) is 0 Å². The zero-order chi connectivity index (χ0) is 43.8. The number of rotatable bonds is 13. The van der Waals surface area contributed by atoms with E-state index < -0.39 is 31.7 Å². The van der Waals surface area contributed by atoms with E-state index in [-0.39, 0.29) is 55.1 Å². The Bertz CT molecular complexity index is 2370. The number of hydrogen-bond acceptors (Lipinski definition) is 9. The van der Waals surface area contributed by atoms with Crippen molar-refractivity contribution < 1.29 is 38.5 Å². The maximum atomic E-state index is 15.5. The minimum Gasteiger partial charge on any atom is -0.497 e. The van der Waals surface area contributed by atoms with Crippen LogP contribution in [0.1, 0.15) is 67.7 Å². The van der Waals surface area contributed by atoms with Gasteiger partial charge in [0.15, 0.2) is 5.60 Å². The first-order valence-electron chi connectivity index (χ1n) is 21.7. The van der Waals surface area contributed by atoms with Gasteiger partial charge in [0.25, 0.3) is 5.91 Å². The van der Waals surface area contributed by atoms with E-state index in [9.17, 15) is 19.5 Å². The Balaban J connectivity index is 1.22. The molecule has 4 heterocycles. The highest BCUT2D eigenvalue weighted by molar-refractivity contribution is 6.91. The molecular weight excluding hydrogens is 801 g/mol. The zero-order valence-electron chi connectivity index (χ0n) is 36.2. The fourth-order valence-electron chi connectivity index (χ4n) is 10.4. The van der Waals surface area contributed by atoms with Gasteiger partial charge in [-0.15, -0.1) is 0 Å². The number of aliphatic hydroxyl groups is 1. The minimum atomic E-state index is -2.63. The number of anilines is 2. The number of hydrazone groups is 1. The van der Waals surface area contributed by atoms with E-state index in [2.05, 4.69) is 32.2 Å². The number of aliphatic hydroxyl groups excluding tert-OH is 1. The van der Waals surface area contributed by atoms with Crippen molar-refractivity contribution in [3.8, 4) is 5.75 Å². The number of nitrogens with zero attached hydrogens (tertiary/aromatic N) is 4. The number of esters is 1. The number of unbranched alkanes of at least 4 members (excludes halogenated alkanes) is 1. The summed E-state index contributed by atoms with van der Waals surface area (Å²) in [6.07, 6.45) is 1.96. The summed E-state index contributed by atoms with van der Waals surface area (Å²) < 4.78 is 17.8. The van der Waals surface area contributed by atoms with Gasteiger partial charge < -0.3 is 29.1 Å². The molecular formula is C49H56N4O8Si. The summed E-state index contributed by atoms with van der Waals surface area (Å²) in [5.41, 5.74) is 3.99. The van der Waals surface area contributed by atoms with Crippen LogP contribution in [-0.2, 0) is 47.2 Å². The lowest BCUT2D eigenvalue weighted by molar-refractivity contribution is -0.151. The molecule has 13 heteroatoms. The van der Waals surface area contributed by atoms with Gasteiger partial charge in [0.05, 0.1) is 64.6 Å². The number of benzene rings is 4. The molecule has 0 saturated carbocycles. The summed E-state index contributed by atoms with van der Waals surface area (Å²) in [6.45, 7) is 7.15. The quantitative estimate of drug-likeness (QED) is 0.0919. The summed E-state index contributed by atoms with van der Waals surface area (Å²) in [6, 6.07) is 31.1. The van der Waals surface area contributed by atoms with E-state index in [1.807, 2.05) is 84.9 Å². The van der Waals surface area contributed by atoms with Crippen LogP contribution in [0.25, 0.3) is 0 Å². The smallest absolute Gasteiger partial charge is 0.305 e. The molecule has 3 amide bonds. The van der Waals surface area contributed by atoms with E-state index in [0.29, 0.717) is 55.7 Å². The standard InChI is InChI=1S/C49H56N4O8Si/c1-32-47(62(4,5)39-21-19-38(59-2)20-22-39)43(29-45(56)52-30-35-16-10-9-15-34(35)27-37(52)31-54)61-49(32)40-28-36(53-44(55)25-23-41(50-53)33-13-7-6-8-14-33)18-24-42(40)51(48(49)58)26-12-11-17-46(57)60-3/h6-10,13-16,18-22,24,28,32,37,43,47,54H,11-12,17,23,25-27,29-31H2,1-5H3/t32-,37-,43+,47-,49+/m0/s1. The zero-order valence-corrected chi connectivity index (χ0v) is 37.2. The molecule has 1 fully saturated rings. The van der Waals surface area contributed by atoms with Gasteiger partial charge in [0, 0.05) is 43.8 Å². The maximum Gasteiger partial charge on any atom is 0.305 e. The van der Waals surface area contributed by atoms with E-state index >= 15 is 4.79 Å². The van der Waals surface area contributed by atoms with Gasteiger partial charge >= 0.3 is 5.97 Å². The fourth-order valence-corrected chi connectivity index (χ4v) is 14.4. The molecule has 1 N–H and O–H groups in total. The summed E-state index contributed by atoms with van der Waals surface area (Å²) in [4.78, 5) is 59.5. The second kappa shape index (κ2) is 17.6. The number of ether oxygens (including phenoxy) is 3. The summed E-state index contributed by atoms with van der Waals surface area (Å²) in [7, 11) is 0.369. The first-order valence-corrected chi connectivity index (χ1v) is 24.8. The molecule has 4 aliphatic rings. The van der Waals surface area contributed by atoms with Gasteiger partial charge in [-0.3, -0.25) is 19.2 Å². The number of carbonyl (C=O) groups excluding carboxylic acids is 4. The van der Waals surface area contributed by atoms with E-state index in [1.54, 1.807) is 16.9 Å². The Hall–Kier alpha value is -5.63. The first-order chi connectivity index (χ1) is 29.9. The average Bonchev–Trinajstić information content (AvgIpc) is 3.72. The lowest BCUT2D eigenvalue weighted by Crippen LogP contribution is -2.52. The van der Waals surface area contributed by atoms with Crippen molar-refractivity contribution in [3.05, 3.63) is 119 Å². The molecule has 8 rings (SSSR count). The number of carbonyl (C=O) groups is 4. The second-order valence-corrected chi connectivity index (χ2v) is 22.2. The molecule has 4 aromatic rings. The van der Waals surface area contributed by atoms with Crippen molar-refractivity contribution in [1.82, 2.24) is 4.90 Å². The molecule has 0 aromatic heterocycles. The number of hydrogen-bond donors (Lipinski definition) is 1. The van der Waals surface area contributed by atoms with Crippen molar-refractivity contribution in [2.45, 2.75) is 94.8 Å². The number of fused-ring (bicyclic) bond motifs is 3. The molecule has 4 aromatic carbocycles. The van der Waals surface area contributed by atoms with Crippen LogP contribution in [0.4, 0.5) is 11.4 Å². The van der Waals surface area contributed by atoms with E-state index in [4.69, 9.17) is 19.3 Å². The molecule has 0 aliphatic carbocycles. The summed E-state index contributed by atoms with van der Waals surface area (Å²) >= 11 is 0. The van der Waals surface area contributed by atoms with Gasteiger partial charge in [-0.05, 0) is 71.8 Å². The van der Waals surface area contributed by atoms with Crippen LogP contribution >= 0.6 is 0 Å². The average molecular weight is 857 g/mol. The third-order valence-electron chi connectivity index (χ3n) is 13.7. The molecule has 1 spiro atoms. The van der Waals surface area contributed by atoms with Gasteiger partial charge in [-0.1, -0.05) is 91.9 Å². The van der Waals surface area contributed by atoms with Crippen molar-refractivity contribution in [2.24, 2.45) is 11.0 Å². The highest BCUT2D eigenvalue weighted by atomic mass is 28.3. The normalized spacial score (nSPS) is 23.3.